The molecule has 1 N–H and O–H groups in total. The van der Waals surface area contributed by atoms with E-state index in [0.29, 0.717) is 0 Å². The minimum atomic E-state index is -0.0949. The predicted octanol–water partition coefficient (Wildman–Crippen LogP) is 1.54. The van der Waals surface area contributed by atoms with Crippen molar-refractivity contribution in [3.05, 3.63) is 0 Å². The van der Waals surface area contributed by atoms with E-state index in [0.717, 1.165) is 17.7 Å². The Labute approximate surface area is 58.2 Å². The van der Waals surface area contributed by atoms with E-state index in [1.165, 1.54) is 12.8 Å². The van der Waals surface area contributed by atoms with Crippen LogP contribution < -0.4 is 0 Å². The Morgan fingerprint density at radius 3 is 2.62 bits per heavy atom. The van der Waals surface area contributed by atoms with Gasteiger partial charge in [-0.1, -0.05) is 28.8 Å². The third kappa shape index (κ3) is 2.14. The Kier molecular flexibility index (Phi) is 2.32. The summed E-state index contributed by atoms with van der Waals surface area (Å²) in [5, 5.41) is 9.76. The van der Waals surface area contributed by atoms with Gasteiger partial charge in [0.25, 0.3) is 0 Å². The smallest absolute Gasteiger partial charge is 0.0639 e. The summed E-state index contributed by atoms with van der Waals surface area (Å²) in [5.41, 5.74) is 0. The molecular weight excluding hydrogens is 168 g/mol. The first kappa shape index (κ1) is 6.56. The molecule has 8 heavy (non-hydrogen) atoms. The van der Waals surface area contributed by atoms with Gasteiger partial charge in [-0.2, -0.15) is 0 Å². The first-order valence-electron chi connectivity index (χ1n) is 3.07. The van der Waals surface area contributed by atoms with Crippen LogP contribution in [0, 0.1) is 5.92 Å². The summed E-state index contributed by atoms with van der Waals surface area (Å²) in [5.74, 6) is 0.850. The van der Waals surface area contributed by atoms with Gasteiger partial charge in [0.2, 0.25) is 0 Å². The van der Waals surface area contributed by atoms with Crippen LogP contribution in [-0.4, -0.2) is 16.5 Å². The highest BCUT2D eigenvalue weighted by molar-refractivity contribution is 9.09. The van der Waals surface area contributed by atoms with Crippen molar-refractivity contribution in [2.45, 2.75) is 25.4 Å². The molecule has 1 aliphatic rings. The molecule has 0 bridgehead atoms. The van der Waals surface area contributed by atoms with Crippen LogP contribution >= 0.6 is 15.9 Å². The van der Waals surface area contributed by atoms with Gasteiger partial charge < -0.3 is 5.11 Å². The maximum absolute atomic E-state index is 9.02. The fourth-order valence-corrected chi connectivity index (χ4v) is 1.07. The lowest BCUT2D eigenvalue weighted by atomic mass is 10.2. The zero-order chi connectivity index (χ0) is 5.98. The van der Waals surface area contributed by atoms with Crippen molar-refractivity contribution in [1.29, 1.82) is 0 Å². The molecule has 2 heteroatoms. The van der Waals surface area contributed by atoms with Crippen molar-refractivity contribution in [2.24, 2.45) is 5.92 Å². The Morgan fingerprint density at radius 1 is 1.62 bits per heavy atom. The van der Waals surface area contributed by atoms with E-state index in [-0.39, 0.29) is 6.10 Å². The fraction of sp³-hybridized carbons (Fsp3) is 1.00. The van der Waals surface area contributed by atoms with E-state index in [4.69, 9.17) is 5.11 Å². The molecule has 1 aliphatic carbocycles. The molecule has 0 heterocycles. The van der Waals surface area contributed by atoms with Gasteiger partial charge >= 0.3 is 0 Å². The molecule has 0 aliphatic heterocycles. The molecule has 1 unspecified atom stereocenters. The maximum atomic E-state index is 9.02. The summed E-state index contributed by atoms with van der Waals surface area (Å²) in [6.45, 7) is 0. The SMILES string of the molecule is OC(CBr)CC1CC1. The van der Waals surface area contributed by atoms with Crippen LogP contribution in [-0.2, 0) is 0 Å². The lowest BCUT2D eigenvalue weighted by Gasteiger charge is -2.02. The van der Waals surface area contributed by atoms with Crippen LogP contribution in [0.3, 0.4) is 0 Å². The van der Waals surface area contributed by atoms with Gasteiger partial charge in [0.05, 0.1) is 6.10 Å². The van der Waals surface area contributed by atoms with Gasteiger partial charge in [0.15, 0.2) is 0 Å². The molecular formula is C6H11BrO. The van der Waals surface area contributed by atoms with Crippen molar-refractivity contribution in [1.82, 2.24) is 0 Å². The van der Waals surface area contributed by atoms with Crippen molar-refractivity contribution < 1.29 is 5.11 Å². The van der Waals surface area contributed by atoms with E-state index >= 15 is 0 Å². The summed E-state index contributed by atoms with van der Waals surface area (Å²) in [4.78, 5) is 0. The van der Waals surface area contributed by atoms with Crippen molar-refractivity contribution in [3.8, 4) is 0 Å². The van der Waals surface area contributed by atoms with Gasteiger partial charge in [0, 0.05) is 5.33 Å². The Hall–Kier alpha value is 0.440. The number of alkyl halides is 1. The van der Waals surface area contributed by atoms with Gasteiger partial charge in [-0.3, -0.25) is 0 Å². The molecule has 0 spiro atoms. The standard InChI is InChI=1S/C6H11BrO/c7-4-6(8)3-5-1-2-5/h5-6,8H,1-4H2. The second-order valence-electron chi connectivity index (χ2n) is 2.49. The normalized spacial score (nSPS) is 23.2. The molecule has 48 valence electrons. The highest BCUT2D eigenvalue weighted by Gasteiger charge is 2.23. The first-order valence-corrected chi connectivity index (χ1v) is 4.19. The van der Waals surface area contributed by atoms with Gasteiger partial charge in [-0.25, -0.2) is 0 Å². The minimum absolute atomic E-state index is 0.0949. The molecule has 1 fully saturated rings. The van der Waals surface area contributed by atoms with Crippen LogP contribution in [0.4, 0.5) is 0 Å². The van der Waals surface area contributed by atoms with Crippen molar-refractivity contribution in [2.75, 3.05) is 5.33 Å². The molecule has 0 saturated heterocycles. The average molecular weight is 179 g/mol. The predicted molar refractivity (Wildman–Crippen MR) is 37.1 cm³/mol. The molecule has 1 rings (SSSR count). The molecule has 1 saturated carbocycles. The molecule has 0 amide bonds. The van der Waals surface area contributed by atoms with E-state index in [9.17, 15) is 0 Å². The highest BCUT2D eigenvalue weighted by Crippen LogP contribution is 2.33. The van der Waals surface area contributed by atoms with Crippen molar-refractivity contribution in [3.63, 3.8) is 0 Å². The number of hydrogen-bond donors (Lipinski definition) is 1. The topological polar surface area (TPSA) is 20.2 Å². The number of rotatable bonds is 3. The van der Waals surface area contributed by atoms with Crippen LogP contribution in [0.2, 0.25) is 0 Å². The first-order chi connectivity index (χ1) is 3.83. The Balaban J connectivity index is 1.98. The molecule has 1 nitrogen and oxygen atoms in total. The lowest BCUT2D eigenvalue weighted by Crippen LogP contribution is -2.07. The molecule has 1 atom stereocenters. The lowest BCUT2D eigenvalue weighted by molar-refractivity contribution is 0.183. The Bertz CT molecular complexity index is 70.9. The third-order valence-electron chi connectivity index (χ3n) is 1.48. The summed E-state index contributed by atoms with van der Waals surface area (Å²) in [6.07, 6.45) is 3.59. The fourth-order valence-electron chi connectivity index (χ4n) is 0.801. The molecule has 0 aromatic carbocycles. The molecule has 0 aromatic heterocycles. The summed E-state index contributed by atoms with van der Waals surface area (Å²) < 4.78 is 0. The second kappa shape index (κ2) is 2.83. The second-order valence-corrected chi connectivity index (χ2v) is 3.13. The third-order valence-corrected chi connectivity index (χ3v) is 2.23. The largest absolute Gasteiger partial charge is 0.392 e. The van der Waals surface area contributed by atoms with E-state index < -0.39 is 0 Å². The molecule has 0 radical (unpaired) electrons. The van der Waals surface area contributed by atoms with Gasteiger partial charge in [0.1, 0.15) is 0 Å². The van der Waals surface area contributed by atoms with Crippen LogP contribution in [0.25, 0.3) is 0 Å². The zero-order valence-electron chi connectivity index (χ0n) is 4.81. The number of halogens is 1. The summed E-state index contributed by atoms with van der Waals surface area (Å²) in [7, 11) is 0. The quantitative estimate of drug-likeness (QED) is 0.651. The highest BCUT2D eigenvalue weighted by atomic mass is 79.9. The van der Waals surface area contributed by atoms with Crippen LogP contribution in [0.15, 0.2) is 0 Å². The average Bonchev–Trinajstić information content (AvgIpc) is 2.50. The Morgan fingerprint density at radius 2 is 2.25 bits per heavy atom. The van der Waals surface area contributed by atoms with Crippen molar-refractivity contribution >= 4 is 15.9 Å². The zero-order valence-corrected chi connectivity index (χ0v) is 6.39. The van der Waals surface area contributed by atoms with Crippen LogP contribution in [0.1, 0.15) is 19.3 Å². The van der Waals surface area contributed by atoms with E-state index in [1.54, 1.807) is 0 Å². The minimum Gasteiger partial charge on any atom is -0.392 e. The summed E-state index contributed by atoms with van der Waals surface area (Å²) >= 11 is 3.22. The van der Waals surface area contributed by atoms with E-state index in [2.05, 4.69) is 15.9 Å². The number of hydrogen-bond acceptors (Lipinski definition) is 1. The number of aliphatic hydroxyl groups is 1. The van der Waals surface area contributed by atoms with Gasteiger partial charge in [-0.05, 0) is 12.3 Å². The van der Waals surface area contributed by atoms with Crippen LogP contribution in [0.5, 0.6) is 0 Å². The van der Waals surface area contributed by atoms with Gasteiger partial charge in [-0.15, -0.1) is 0 Å². The number of aliphatic hydroxyl groups excluding tert-OH is 1. The summed E-state index contributed by atoms with van der Waals surface area (Å²) in [6, 6.07) is 0. The molecule has 0 aromatic rings. The van der Waals surface area contributed by atoms with E-state index in [1.807, 2.05) is 0 Å². The monoisotopic (exact) mass is 178 g/mol. The maximum Gasteiger partial charge on any atom is 0.0639 e.